The number of quaternary nitrogens is 1. The quantitative estimate of drug-likeness (QED) is 0.846. The van der Waals surface area contributed by atoms with Gasteiger partial charge in [0.1, 0.15) is 17.0 Å². The summed E-state index contributed by atoms with van der Waals surface area (Å²) in [4.78, 5) is 13.0. The van der Waals surface area contributed by atoms with Gasteiger partial charge in [0.05, 0.1) is 43.8 Å². The molecule has 0 aliphatic carbocycles. The van der Waals surface area contributed by atoms with Gasteiger partial charge < -0.3 is 15.0 Å². The van der Waals surface area contributed by atoms with Crippen LogP contribution in [0.3, 0.4) is 0 Å². The second kappa shape index (κ2) is 6.71. The lowest BCUT2D eigenvalue weighted by Crippen LogP contribution is -3.12. The summed E-state index contributed by atoms with van der Waals surface area (Å²) in [6, 6.07) is 0. The van der Waals surface area contributed by atoms with Gasteiger partial charge in [-0.15, -0.1) is 11.3 Å². The van der Waals surface area contributed by atoms with Crippen LogP contribution in [0.2, 0.25) is 0 Å². The molecule has 2 aromatic heterocycles. The maximum Gasteiger partial charge on any atom is 0.138 e. The van der Waals surface area contributed by atoms with Crippen molar-refractivity contribution in [3.8, 4) is 0 Å². The normalized spacial score (nSPS) is 16.7. The van der Waals surface area contributed by atoms with E-state index in [0.29, 0.717) is 6.61 Å². The van der Waals surface area contributed by atoms with Crippen LogP contribution in [0.1, 0.15) is 38.1 Å². The predicted molar refractivity (Wildman–Crippen MR) is 95.4 cm³/mol. The third-order valence-electron chi connectivity index (χ3n) is 4.64. The van der Waals surface area contributed by atoms with Crippen LogP contribution in [0, 0.1) is 0 Å². The zero-order valence-corrected chi connectivity index (χ0v) is 15.3. The number of ether oxygens (including phenoxy) is 1. The van der Waals surface area contributed by atoms with E-state index in [9.17, 15) is 0 Å². The lowest BCUT2D eigenvalue weighted by molar-refractivity contribution is -0.894. The van der Waals surface area contributed by atoms with E-state index in [2.05, 4.69) is 43.0 Å². The summed E-state index contributed by atoms with van der Waals surface area (Å²) in [6.45, 7) is 13.8. The Kier molecular flexibility index (Phi) is 4.85. The number of thiophene rings is 1. The maximum absolute atomic E-state index is 5.94. The molecule has 0 radical (unpaired) electrons. The van der Waals surface area contributed by atoms with Crippen molar-refractivity contribution in [1.82, 2.24) is 9.97 Å². The van der Waals surface area contributed by atoms with Crippen LogP contribution in [0.5, 0.6) is 0 Å². The number of nitrogens with one attached hydrogen (secondary N) is 2. The van der Waals surface area contributed by atoms with E-state index in [-0.39, 0.29) is 5.60 Å². The molecule has 6 heteroatoms. The summed E-state index contributed by atoms with van der Waals surface area (Å²) in [7, 11) is 0. The second-order valence-corrected chi connectivity index (χ2v) is 7.85. The maximum atomic E-state index is 5.94. The molecule has 2 N–H and O–H groups in total. The number of anilines is 1. The smallest absolute Gasteiger partial charge is 0.138 e. The Morgan fingerprint density at radius 1 is 1.30 bits per heavy atom. The molecule has 0 amide bonds. The average Bonchev–Trinajstić information content (AvgIpc) is 2.89. The van der Waals surface area contributed by atoms with Crippen molar-refractivity contribution < 1.29 is 9.64 Å². The number of likely N-dealkylation sites (N-methyl/N-ethyl adjacent to an activating group) is 1. The Morgan fingerprint density at radius 2 is 2.09 bits per heavy atom. The van der Waals surface area contributed by atoms with Crippen molar-refractivity contribution in [2.24, 2.45) is 0 Å². The molecule has 3 heterocycles. The first kappa shape index (κ1) is 16.6. The lowest BCUT2D eigenvalue weighted by atomic mass is 9.94. The first-order chi connectivity index (χ1) is 11.0. The number of fused-ring (bicyclic) bond motifs is 3. The fraction of sp³-hybridized carbons (Fsp3) is 0.647. The molecule has 23 heavy (non-hydrogen) atoms. The molecule has 2 aromatic rings. The predicted octanol–water partition coefficient (Wildman–Crippen LogP) is 1.88. The second-order valence-electron chi connectivity index (χ2n) is 6.77. The van der Waals surface area contributed by atoms with Gasteiger partial charge in [-0.05, 0) is 33.3 Å². The molecule has 0 saturated carbocycles. The minimum absolute atomic E-state index is 0.112. The summed E-state index contributed by atoms with van der Waals surface area (Å²) in [5, 5.41) is 4.75. The summed E-state index contributed by atoms with van der Waals surface area (Å²) in [5.41, 5.74) is 1.26. The van der Waals surface area contributed by atoms with E-state index in [1.807, 2.05) is 0 Å². The SMILES string of the molecule is CC[NH+](CC)CCNc1ncnc2sc3c(c12)CC(C)(C)OC3. The number of rotatable bonds is 6. The van der Waals surface area contributed by atoms with E-state index < -0.39 is 0 Å². The molecule has 0 unspecified atom stereocenters. The van der Waals surface area contributed by atoms with Crippen LogP contribution < -0.4 is 10.2 Å². The van der Waals surface area contributed by atoms with Crippen LogP contribution in [0.15, 0.2) is 6.33 Å². The highest BCUT2D eigenvalue weighted by atomic mass is 32.1. The van der Waals surface area contributed by atoms with Crippen LogP contribution in [-0.4, -0.2) is 41.7 Å². The molecular weight excluding hydrogens is 308 g/mol. The summed E-state index contributed by atoms with van der Waals surface area (Å²) in [6.07, 6.45) is 2.59. The zero-order chi connectivity index (χ0) is 16.4. The van der Waals surface area contributed by atoms with Gasteiger partial charge in [0.15, 0.2) is 0 Å². The Balaban J connectivity index is 1.85. The average molecular weight is 335 g/mol. The molecule has 3 rings (SSSR count). The summed E-state index contributed by atoms with van der Waals surface area (Å²) in [5.74, 6) is 0.983. The Labute approximate surface area is 142 Å². The number of aromatic nitrogens is 2. The van der Waals surface area contributed by atoms with Crippen molar-refractivity contribution in [1.29, 1.82) is 0 Å². The Hall–Kier alpha value is -1.24. The molecule has 0 saturated heterocycles. The fourth-order valence-electron chi connectivity index (χ4n) is 3.17. The van der Waals surface area contributed by atoms with Crippen molar-refractivity contribution >= 4 is 27.4 Å². The number of hydrogen-bond acceptors (Lipinski definition) is 5. The van der Waals surface area contributed by atoms with E-state index in [0.717, 1.165) is 43.2 Å². The van der Waals surface area contributed by atoms with E-state index in [4.69, 9.17) is 4.74 Å². The van der Waals surface area contributed by atoms with E-state index in [1.165, 1.54) is 15.8 Å². The molecule has 1 aliphatic heterocycles. The van der Waals surface area contributed by atoms with Crippen LogP contribution >= 0.6 is 11.3 Å². The number of nitrogens with zero attached hydrogens (tertiary/aromatic N) is 2. The van der Waals surface area contributed by atoms with Crippen LogP contribution in [-0.2, 0) is 17.8 Å². The molecule has 126 valence electrons. The van der Waals surface area contributed by atoms with Gasteiger partial charge in [0.25, 0.3) is 0 Å². The largest absolute Gasteiger partial charge is 0.370 e. The fourth-order valence-corrected chi connectivity index (χ4v) is 4.24. The molecule has 0 aromatic carbocycles. The Bertz CT molecular complexity index is 679. The van der Waals surface area contributed by atoms with Gasteiger partial charge in [0.2, 0.25) is 0 Å². The van der Waals surface area contributed by atoms with Gasteiger partial charge in [-0.3, -0.25) is 0 Å². The molecule has 0 atom stereocenters. The Morgan fingerprint density at radius 3 is 2.83 bits per heavy atom. The van der Waals surface area contributed by atoms with Crippen molar-refractivity contribution in [2.75, 3.05) is 31.5 Å². The monoisotopic (exact) mass is 335 g/mol. The lowest BCUT2D eigenvalue weighted by Gasteiger charge is -2.30. The van der Waals surface area contributed by atoms with Gasteiger partial charge in [-0.25, -0.2) is 9.97 Å². The van der Waals surface area contributed by atoms with Gasteiger partial charge >= 0.3 is 0 Å². The first-order valence-electron chi connectivity index (χ1n) is 8.50. The number of hydrogen-bond donors (Lipinski definition) is 2. The van der Waals surface area contributed by atoms with Crippen molar-refractivity contribution in [3.63, 3.8) is 0 Å². The highest BCUT2D eigenvalue weighted by molar-refractivity contribution is 7.18. The molecule has 0 fully saturated rings. The molecule has 5 nitrogen and oxygen atoms in total. The first-order valence-corrected chi connectivity index (χ1v) is 9.32. The summed E-state index contributed by atoms with van der Waals surface area (Å²) >= 11 is 1.74. The van der Waals surface area contributed by atoms with Gasteiger partial charge in [-0.2, -0.15) is 0 Å². The highest BCUT2D eigenvalue weighted by Gasteiger charge is 2.30. The highest BCUT2D eigenvalue weighted by Crippen LogP contribution is 2.40. The minimum atomic E-state index is -0.112. The van der Waals surface area contributed by atoms with Crippen molar-refractivity contribution in [2.45, 2.75) is 46.3 Å². The van der Waals surface area contributed by atoms with Gasteiger partial charge in [-0.1, -0.05) is 0 Å². The van der Waals surface area contributed by atoms with E-state index >= 15 is 0 Å². The zero-order valence-electron chi connectivity index (χ0n) is 14.5. The minimum Gasteiger partial charge on any atom is -0.370 e. The molecule has 1 aliphatic rings. The third kappa shape index (κ3) is 3.49. The summed E-state index contributed by atoms with van der Waals surface area (Å²) < 4.78 is 5.94. The van der Waals surface area contributed by atoms with E-state index in [1.54, 1.807) is 22.6 Å². The topological polar surface area (TPSA) is 51.5 Å². The van der Waals surface area contributed by atoms with Crippen LogP contribution in [0.4, 0.5) is 5.82 Å². The van der Waals surface area contributed by atoms with Crippen molar-refractivity contribution in [3.05, 3.63) is 16.8 Å². The standard InChI is InChI=1S/C17H26N4OS/c1-5-21(6-2)8-7-18-15-14-12-9-17(3,4)22-10-13(12)23-16(14)20-11-19-15/h11H,5-10H2,1-4H3,(H,18,19,20)/p+1. The molecular formula is C17H27N4OS+. The third-order valence-corrected chi connectivity index (χ3v) is 5.75. The molecule has 0 spiro atoms. The van der Waals surface area contributed by atoms with Gasteiger partial charge in [0, 0.05) is 11.3 Å². The molecule has 0 bridgehead atoms. The van der Waals surface area contributed by atoms with Crippen LogP contribution in [0.25, 0.3) is 10.2 Å².